The summed E-state index contributed by atoms with van der Waals surface area (Å²) < 4.78 is 17.3. The SMILES string of the molecule is CCOC(=O)C1CCCc2sc3nc(C)n(CC(OC)OC)c(=O)c3c21. The Balaban J connectivity index is 2.16. The molecule has 0 amide bonds. The Labute approximate surface area is 155 Å². The van der Waals surface area contributed by atoms with Crippen LogP contribution in [0.3, 0.4) is 0 Å². The first-order valence-electron chi connectivity index (χ1n) is 8.76. The quantitative estimate of drug-likeness (QED) is 0.565. The average molecular weight is 380 g/mol. The minimum atomic E-state index is -0.541. The van der Waals surface area contributed by atoms with Crippen molar-refractivity contribution in [2.45, 2.75) is 51.9 Å². The van der Waals surface area contributed by atoms with Gasteiger partial charge in [-0.2, -0.15) is 0 Å². The highest BCUT2D eigenvalue weighted by Crippen LogP contribution is 2.41. The third kappa shape index (κ3) is 3.28. The number of carbonyl (C=O) groups excluding carboxylic acids is 1. The van der Waals surface area contributed by atoms with E-state index in [0.29, 0.717) is 29.1 Å². The van der Waals surface area contributed by atoms with E-state index in [1.165, 1.54) is 25.6 Å². The summed E-state index contributed by atoms with van der Waals surface area (Å²) in [7, 11) is 3.06. The molecule has 0 N–H and O–H groups in total. The van der Waals surface area contributed by atoms with Gasteiger partial charge in [0.1, 0.15) is 10.7 Å². The maximum Gasteiger partial charge on any atom is 0.313 e. The largest absolute Gasteiger partial charge is 0.466 e. The van der Waals surface area contributed by atoms with Gasteiger partial charge in [-0.05, 0) is 38.7 Å². The van der Waals surface area contributed by atoms with Gasteiger partial charge in [0.05, 0.1) is 24.5 Å². The zero-order chi connectivity index (χ0) is 18.8. The van der Waals surface area contributed by atoms with Gasteiger partial charge >= 0.3 is 5.97 Å². The van der Waals surface area contributed by atoms with Crippen LogP contribution in [0.15, 0.2) is 4.79 Å². The molecule has 3 rings (SSSR count). The fraction of sp³-hybridized carbons (Fsp3) is 0.611. The number of nitrogens with zero attached hydrogens (tertiary/aromatic N) is 2. The van der Waals surface area contributed by atoms with Crippen LogP contribution in [0, 0.1) is 6.92 Å². The van der Waals surface area contributed by atoms with Crippen molar-refractivity contribution in [3.05, 3.63) is 26.6 Å². The van der Waals surface area contributed by atoms with Crippen molar-refractivity contribution in [3.8, 4) is 0 Å². The zero-order valence-corrected chi connectivity index (χ0v) is 16.4. The van der Waals surface area contributed by atoms with Gasteiger partial charge in [0.2, 0.25) is 0 Å². The first-order chi connectivity index (χ1) is 12.5. The summed E-state index contributed by atoms with van der Waals surface area (Å²) in [5.41, 5.74) is 0.660. The maximum absolute atomic E-state index is 13.2. The Kier molecular flexibility index (Phi) is 5.74. The van der Waals surface area contributed by atoms with E-state index < -0.39 is 12.2 Å². The van der Waals surface area contributed by atoms with Gasteiger partial charge in [-0.3, -0.25) is 14.2 Å². The number of esters is 1. The van der Waals surface area contributed by atoms with E-state index in [4.69, 9.17) is 14.2 Å². The number of carbonyl (C=O) groups is 1. The van der Waals surface area contributed by atoms with Crippen molar-refractivity contribution in [1.82, 2.24) is 9.55 Å². The third-order valence-electron chi connectivity index (χ3n) is 4.79. The van der Waals surface area contributed by atoms with Crippen LogP contribution >= 0.6 is 11.3 Å². The van der Waals surface area contributed by atoms with Gasteiger partial charge < -0.3 is 14.2 Å². The summed E-state index contributed by atoms with van der Waals surface area (Å²) in [5, 5.41) is 0.541. The second-order valence-electron chi connectivity index (χ2n) is 6.29. The van der Waals surface area contributed by atoms with Crippen LogP contribution in [0.25, 0.3) is 10.2 Å². The van der Waals surface area contributed by atoms with Gasteiger partial charge in [-0.1, -0.05) is 0 Å². The zero-order valence-electron chi connectivity index (χ0n) is 15.5. The van der Waals surface area contributed by atoms with Crippen molar-refractivity contribution < 1.29 is 19.0 Å². The molecule has 1 atom stereocenters. The van der Waals surface area contributed by atoms with Crippen molar-refractivity contribution in [2.75, 3.05) is 20.8 Å². The van der Waals surface area contributed by atoms with Crippen molar-refractivity contribution in [2.24, 2.45) is 0 Å². The smallest absolute Gasteiger partial charge is 0.313 e. The molecule has 0 bridgehead atoms. The van der Waals surface area contributed by atoms with Crippen molar-refractivity contribution >= 4 is 27.5 Å². The molecule has 7 nitrogen and oxygen atoms in total. The molecule has 0 saturated carbocycles. The molecule has 1 aliphatic carbocycles. The number of thiophene rings is 1. The van der Waals surface area contributed by atoms with Crippen LogP contribution in [0.1, 0.15) is 41.9 Å². The summed E-state index contributed by atoms with van der Waals surface area (Å²) >= 11 is 1.51. The van der Waals surface area contributed by atoms with E-state index >= 15 is 0 Å². The van der Waals surface area contributed by atoms with Crippen LogP contribution < -0.4 is 5.56 Å². The molecule has 1 unspecified atom stereocenters. The lowest BCUT2D eigenvalue weighted by Crippen LogP contribution is -2.32. The van der Waals surface area contributed by atoms with Crippen LogP contribution in [0.5, 0.6) is 0 Å². The number of fused-ring (bicyclic) bond motifs is 3. The number of methoxy groups -OCH3 is 2. The lowest BCUT2D eigenvalue weighted by atomic mass is 9.86. The lowest BCUT2D eigenvalue weighted by molar-refractivity contribution is -0.145. The first kappa shape index (κ1) is 19.0. The molecule has 8 heteroatoms. The van der Waals surface area contributed by atoms with Gasteiger partial charge in [0, 0.05) is 19.1 Å². The Morgan fingerprint density at radius 2 is 2.12 bits per heavy atom. The predicted octanol–water partition coefficient (Wildman–Crippen LogP) is 2.37. The van der Waals surface area contributed by atoms with Gasteiger partial charge in [0.15, 0.2) is 6.29 Å². The second kappa shape index (κ2) is 7.85. The number of ether oxygens (including phenoxy) is 3. The molecular weight excluding hydrogens is 356 g/mol. The lowest BCUT2D eigenvalue weighted by Gasteiger charge is -2.21. The van der Waals surface area contributed by atoms with E-state index in [1.807, 2.05) is 0 Å². The van der Waals surface area contributed by atoms with E-state index in [1.54, 1.807) is 18.4 Å². The highest BCUT2D eigenvalue weighted by atomic mass is 32.1. The summed E-state index contributed by atoms with van der Waals surface area (Å²) in [4.78, 5) is 32.1. The number of hydrogen-bond acceptors (Lipinski definition) is 7. The Morgan fingerprint density at radius 3 is 2.77 bits per heavy atom. The number of hydrogen-bond donors (Lipinski definition) is 0. The fourth-order valence-corrected chi connectivity index (χ4v) is 4.82. The molecule has 142 valence electrons. The minimum absolute atomic E-state index is 0.153. The highest BCUT2D eigenvalue weighted by Gasteiger charge is 2.33. The summed E-state index contributed by atoms with van der Waals surface area (Å²) in [5.74, 6) is -0.0435. The summed E-state index contributed by atoms with van der Waals surface area (Å²) in [6, 6.07) is 0. The topological polar surface area (TPSA) is 79.7 Å². The van der Waals surface area contributed by atoms with E-state index in [9.17, 15) is 9.59 Å². The van der Waals surface area contributed by atoms with Crippen LogP contribution in [-0.2, 0) is 32.0 Å². The van der Waals surface area contributed by atoms with Crippen molar-refractivity contribution in [3.63, 3.8) is 0 Å². The van der Waals surface area contributed by atoms with Crippen LogP contribution in [-0.4, -0.2) is 42.6 Å². The number of aromatic nitrogens is 2. The molecule has 0 aliphatic heterocycles. The molecule has 2 heterocycles. The number of rotatable bonds is 6. The molecule has 26 heavy (non-hydrogen) atoms. The second-order valence-corrected chi connectivity index (χ2v) is 7.38. The predicted molar refractivity (Wildman–Crippen MR) is 98.7 cm³/mol. The molecule has 0 spiro atoms. The van der Waals surface area contributed by atoms with Gasteiger partial charge in [-0.25, -0.2) is 4.98 Å². The standard InChI is InChI=1S/C18H24N2O5S/c1-5-25-18(22)11-7-6-8-12-14(11)15-16(26-12)19-10(2)20(17(15)21)9-13(23-3)24-4/h11,13H,5-9H2,1-4H3. The summed E-state index contributed by atoms with van der Waals surface area (Å²) in [6.45, 7) is 4.17. The van der Waals surface area contributed by atoms with Gasteiger partial charge in [-0.15, -0.1) is 11.3 Å². The molecule has 0 fully saturated rings. The highest BCUT2D eigenvalue weighted by molar-refractivity contribution is 7.18. The molecular formula is C18H24N2O5S. The average Bonchev–Trinajstić information content (AvgIpc) is 3.00. The monoisotopic (exact) mass is 380 g/mol. The Morgan fingerprint density at radius 1 is 1.38 bits per heavy atom. The summed E-state index contributed by atoms with van der Waals surface area (Å²) in [6.07, 6.45) is 1.93. The van der Waals surface area contributed by atoms with Crippen LogP contribution in [0.2, 0.25) is 0 Å². The Hall–Kier alpha value is -1.77. The molecule has 0 saturated heterocycles. The van der Waals surface area contributed by atoms with E-state index in [2.05, 4.69) is 4.98 Å². The minimum Gasteiger partial charge on any atom is -0.466 e. The first-order valence-corrected chi connectivity index (χ1v) is 9.58. The van der Waals surface area contributed by atoms with E-state index in [0.717, 1.165) is 23.3 Å². The molecule has 1 aliphatic rings. The molecule has 2 aromatic rings. The maximum atomic E-state index is 13.2. The molecule has 0 aromatic carbocycles. The van der Waals surface area contributed by atoms with Crippen molar-refractivity contribution in [1.29, 1.82) is 0 Å². The third-order valence-corrected chi connectivity index (χ3v) is 5.95. The Bertz CT molecular complexity index is 869. The normalized spacial score (nSPS) is 16.9. The molecule has 0 radical (unpaired) electrons. The number of aryl methyl sites for hydroxylation is 2. The van der Waals surface area contributed by atoms with Gasteiger partial charge in [0.25, 0.3) is 5.56 Å². The fourth-order valence-electron chi connectivity index (χ4n) is 3.51. The van der Waals surface area contributed by atoms with E-state index in [-0.39, 0.29) is 18.1 Å². The molecule has 2 aromatic heterocycles. The van der Waals surface area contributed by atoms with Crippen LogP contribution in [0.4, 0.5) is 0 Å².